The Morgan fingerprint density at radius 3 is 2.81 bits per heavy atom. The van der Waals surface area contributed by atoms with Crippen LogP contribution in [0.1, 0.15) is 10.5 Å². The molecule has 27 heavy (non-hydrogen) atoms. The zero-order chi connectivity index (χ0) is 19.0. The molecule has 0 aliphatic carbocycles. The Balaban J connectivity index is 1.60. The lowest BCUT2D eigenvalue weighted by molar-refractivity contribution is 0.101. The van der Waals surface area contributed by atoms with Crippen molar-refractivity contribution in [3.05, 3.63) is 65.4 Å². The van der Waals surface area contributed by atoms with Crippen molar-refractivity contribution in [1.82, 2.24) is 9.55 Å². The second-order valence-electron chi connectivity index (χ2n) is 5.99. The van der Waals surface area contributed by atoms with Crippen LogP contribution in [-0.2, 0) is 7.05 Å². The summed E-state index contributed by atoms with van der Waals surface area (Å²) in [6.07, 6.45) is 0. The first kappa shape index (κ1) is 17.2. The number of hydrogen-bond acceptors (Lipinski definition) is 4. The van der Waals surface area contributed by atoms with E-state index in [0.717, 1.165) is 17.0 Å². The Labute approximate surface area is 159 Å². The van der Waals surface area contributed by atoms with Gasteiger partial charge in [0.1, 0.15) is 17.3 Å². The van der Waals surface area contributed by atoms with Crippen molar-refractivity contribution >= 4 is 33.3 Å². The summed E-state index contributed by atoms with van der Waals surface area (Å²) in [5.74, 6) is 0.0555. The molecular weight excluding hydrogens is 365 g/mol. The van der Waals surface area contributed by atoms with Crippen molar-refractivity contribution < 1.29 is 13.9 Å². The molecule has 0 radical (unpaired) electrons. The van der Waals surface area contributed by atoms with Crippen LogP contribution < -0.4 is 10.1 Å². The Morgan fingerprint density at radius 1 is 1.22 bits per heavy atom. The van der Waals surface area contributed by atoms with Crippen molar-refractivity contribution in [2.75, 3.05) is 12.4 Å². The lowest BCUT2D eigenvalue weighted by atomic mass is 10.2. The number of rotatable bonds is 4. The standard InChI is InChI=1S/C20H16FN3O2S/c1-24-17-8-4-7-15(21)14(17)10-18(24)19(25)23-20-22-16(11-27-20)12-5-3-6-13(9-12)26-2/h3-11H,1-2H3,(H,22,23,25). The van der Waals surface area contributed by atoms with Gasteiger partial charge in [0.2, 0.25) is 0 Å². The fourth-order valence-corrected chi connectivity index (χ4v) is 3.66. The summed E-state index contributed by atoms with van der Waals surface area (Å²) in [6.45, 7) is 0. The van der Waals surface area contributed by atoms with Crippen LogP contribution in [-0.4, -0.2) is 22.6 Å². The topological polar surface area (TPSA) is 56.1 Å². The third-order valence-corrected chi connectivity index (χ3v) is 5.11. The summed E-state index contributed by atoms with van der Waals surface area (Å²) in [6, 6.07) is 13.9. The molecule has 4 aromatic rings. The van der Waals surface area contributed by atoms with Gasteiger partial charge in [0.05, 0.1) is 18.3 Å². The largest absolute Gasteiger partial charge is 0.497 e. The number of carbonyl (C=O) groups is 1. The first-order valence-electron chi connectivity index (χ1n) is 8.22. The molecule has 0 saturated heterocycles. The summed E-state index contributed by atoms with van der Waals surface area (Å²) in [5, 5.41) is 5.55. The van der Waals surface area contributed by atoms with E-state index >= 15 is 0 Å². The summed E-state index contributed by atoms with van der Waals surface area (Å²) in [5.41, 5.74) is 2.68. The molecule has 2 aromatic heterocycles. The molecule has 0 atom stereocenters. The molecule has 0 bridgehead atoms. The van der Waals surface area contributed by atoms with E-state index in [9.17, 15) is 9.18 Å². The zero-order valence-electron chi connectivity index (χ0n) is 14.7. The van der Waals surface area contributed by atoms with Crippen molar-refractivity contribution in [3.8, 4) is 17.0 Å². The number of thiazole rings is 1. The number of fused-ring (bicyclic) bond motifs is 1. The summed E-state index contributed by atoms with van der Waals surface area (Å²) >= 11 is 1.33. The normalized spacial score (nSPS) is 10.9. The maximum atomic E-state index is 14.0. The highest BCUT2D eigenvalue weighted by atomic mass is 32.1. The Kier molecular flexibility index (Phi) is 4.37. The smallest absolute Gasteiger partial charge is 0.274 e. The number of methoxy groups -OCH3 is 1. The minimum Gasteiger partial charge on any atom is -0.497 e. The van der Waals surface area contributed by atoms with Crippen molar-refractivity contribution in [2.45, 2.75) is 0 Å². The van der Waals surface area contributed by atoms with Gasteiger partial charge in [-0.25, -0.2) is 9.37 Å². The van der Waals surface area contributed by atoms with Gasteiger partial charge in [-0.1, -0.05) is 18.2 Å². The molecule has 0 fully saturated rings. The highest BCUT2D eigenvalue weighted by Gasteiger charge is 2.17. The maximum absolute atomic E-state index is 14.0. The third kappa shape index (κ3) is 3.17. The molecule has 1 amide bonds. The van der Waals surface area contributed by atoms with Crippen LogP contribution in [0.3, 0.4) is 0 Å². The molecule has 0 aliphatic rings. The van der Waals surface area contributed by atoms with E-state index in [2.05, 4.69) is 10.3 Å². The average molecular weight is 381 g/mol. The van der Waals surface area contributed by atoms with Crippen LogP contribution in [0.15, 0.2) is 53.9 Å². The van der Waals surface area contributed by atoms with Crippen LogP contribution in [0.4, 0.5) is 9.52 Å². The van der Waals surface area contributed by atoms with Crippen LogP contribution in [0.2, 0.25) is 0 Å². The molecule has 0 aliphatic heterocycles. The van der Waals surface area contributed by atoms with Crippen LogP contribution >= 0.6 is 11.3 Å². The SMILES string of the molecule is COc1cccc(-c2csc(NC(=O)c3cc4c(F)cccc4n3C)n2)c1. The number of aryl methyl sites for hydroxylation is 1. The van der Waals surface area contributed by atoms with Gasteiger partial charge in [0, 0.05) is 23.4 Å². The highest BCUT2D eigenvalue weighted by Crippen LogP contribution is 2.28. The molecule has 5 nitrogen and oxygen atoms in total. The van der Waals surface area contributed by atoms with Gasteiger partial charge in [0.15, 0.2) is 5.13 Å². The van der Waals surface area contributed by atoms with Gasteiger partial charge >= 0.3 is 0 Å². The fourth-order valence-electron chi connectivity index (χ4n) is 2.95. The Hall–Kier alpha value is -3.19. The van der Waals surface area contributed by atoms with E-state index in [1.807, 2.05) is 29.6 Å². The maximum Gasteiger partial charge on any atom is 0.274 e. The third-order valence-electron chi connectivity index (χ3n) is 4.36. The van der Waals surface area contributed by atoms with Gasteiger partial charge < -0.3 is 9.30 Å². The highest BCUT2D eigenvalue weighted by molar-refractivity contribution is 7.14. The first-order valence-corrected chi connectivity index (χ1v) is 9.10. The van der Waals surface area contributed by atoms with Crippen LogP contribution in [0.5, 0.6) is 5.75 Å². The molecule has 2 aromatic carbocycles. The number of aromatic nitrogens is 2. The van der Waals surface area contributed by atoms with Gasteiger partial charge in [-0.05, 0) is 30.3 Å². The van der Waals surface area contributed by atoms with Crippen LogP contribution in [0, 0.1) is 5.82 Å². The number of hydrogen-bond donors (Lipinski definition) is 1. The number of nitrogens with zero attached hydrogens (tertiary/aromatic N) is 2. The molecule has 4 rings (SSSR count). The molecule has 0 unspecified atom stereocenters. The molecule has 0 spiro atoms. The number of anilines is 1. The van der Waals surface area contributed by atoms with Gasteiger partial charge in [-0.3, -0.25) is 10.1 Å². The Bertz CT molecular complexity index is 1150. The van der Waals surface area contributed by atoms with E-state index in [-0.39, 0.29) is 11.7 Å². The van der Waals surface area contributed by atoms with Crippen molar-refractivity contribution in [1.29, 1.82) is 0 Å². The number of halogens is 1. The van der Waals surface area contributed by atoms with E-state index in [0.29, 0.717) is 21.7 Å². The van der Waals surface area contributed by atoms with Crippen LogP contribution in [0.25, 0.3) is 22.2 Å². The fraction of sp³-hybridized carbons (Fsp3) is 0.100. The number of nitrogens with one attached hydrogen (secondary N) is 1. The number of amides is 1. The number of carbonyl (C=O) groups excluding carboxylic acids is 1. The van der Waals surface area contributed by atoms with Crippen molar-refractivity contribution in [2.24, 2.45) is 7.05 Å². The lowest BCUT2D eigenvalue weighted by Gasteiger charge is -2.04. The van der Waals surface area contributed by atoms with E-state index in [1.165, 1.54) is 17.4 Å². The minimum atomic E-state index is -0.350. The molecular formula is C20H16FN3O2S. The second-order valence-corrected chi connectivity index (χ2v) is 6.84. The van der Waals surface area contributed by atoms with Gasteiger partial charge in [-0.2, -0.15) is 0 Å². The lowest BCUT2D eigenvalue weighted by Crippen LogP contribution is -2.15. The van der Waals surface area contributed by atoms with Gasteiger partial charge in [0.25, 0.3) is 5.91 Å². The monoisotopic (exact) mass is 381 g/mol. The molecule has 2 heterocycles. The molecule has 1 N–H and O–H groups in total. The minimum absolute atomic E-state index is 0.334. The zero-order valence-corrected chi connectivity index (χ0v) is 15.5. The van der Waals surface area contributed by atoms with E-state index in [4.69, 9.17) is 4.74 Å². The average Bonchev–Trinajstić information content (AvgIpc) is 3.28. The summed E-state index contributed by atoms with van der Waals surface area (Å²) < 4.78 is 20.9. The van der Waals surface area contributed by atoms with E-state index in [1.54, 1.807) is 36.9 Å². The predicted octanol–water partition coefficient (Wildman–Crippen LogP) is 4.70. The number of benzene rings is 2. The van der Waals surface area contributed by atoms with Crippen molar-refractivity contribution in [3.63, 3.8) is 0 Å². The molecule has 0 saturated carbocycles. The molecule has 7 heteroatoms. The quantitative estimate of drug-likeness (QED) is 0.557. The molecule has 136 valence electrons. The summed E-state index contributed by atoms with van der Waals surface area (Å²) in [7, 11) is 3.35. The Morgan fingerprint density at radius 2 is 2.04 bits per heavy atom. The van der Waals surface area contributed by atoms with E-state index < -0.39 is 0 Å². The second kappa shape index (κ2) is 6.85. The van der Waals surface area contributed by atoms with Gasteiger partial charge in [-0.15, -0.1) is 11.3 Å². The first-order chi connectivity index (χ1) is 13.1. The summed E-state index contributed by atoms with van der Waals surface area (Å²) in [4.78, 5) is 17.1. The predicted molar refractivity (Wildman–Crippen MR) is 105 cm³/mol. The number of ether oxygens (including phenoxy) is 1.